The average molecular weight is 250 g/mol. The summed E-state index contributed by atoms with van der Waals surface area (Å²) in [5.41, 5.74) is 0.404. The second-order valence-electron chi connectivity index (χ2n) is 3.69. The summed E-state index contributed by atoms with van der Waals surface area (Å²) in [7, 11) is 1.60. The topological polar surface area (TPSA) is 103 Å². The maximum absolute atomic E-state index is 10.8. The summed E-state index contributed by atoms with van der Waals surface area (Å²) in [6.45, 7) is 0.243. The van der Waals surface area contributed by atoms with Crippen LogP contribution in [0.15, 0.2) is 29.1 Å². The number of H-pyrrole nitrogens is 2. The van der Waals surface area contributed by atoms with Crippen LogP contribution in [-0.4, -0.2) is 33.9 Å². The van der Waals surface area contributed by atoms with Gasteiger partial charge in [0.1, 0.15) is 11.9 Å². The predicted octanol–water partition coefficient (Wildman–Crippen LogP) is 0.252. The van der Waals surface area contributed by atoms with Crippen molar-refractivity contribution in [1.82, 2.24) is 15.2 Å². The van der Waals surface area contributed by atoms with Crippen molar-refractivity contribution in [3.63, 3.8) is 0 Å². The van der Waals surface area contributed by atoms with Crippen LogP contribution in [0.4, 0.5) is 5.69 Å². The SMILES string of the molecule is COc1ccc(NCC(O)c2n[nH]c(=O)[nH]2)cc1. The monoisotopic (exact) mass is 250 g/mol. The molecule has 0 saturated carbocycles. The van der Waals surface area contributed by atoms with Gasteiger partial charge in [0.25, 0.3) is 0 Å². The van der Waals surface area contributed by atoms with E-state index in [0.29, 0.717) is 0 Å². The average Bonchev–Trinajstić information content (AvgIpc) is 2.83. The number of benzene rings is 1. The van der Waals surface area contributed by atoms with Crippen molar-refractivity contribution in [3.05, 3.63) is 40.6 Å². The lowest BCUT2D eigenvalue weighted by atomic mass is 10.2. The molecule has 0 aliphatic carbocycles. The predicted molar refractivity (Wildman–Crippen MR) is 65.7 cm³/mol. The zero-order chi connectivity index (χ0) is 13.0. The van der Waals surface area contributed by atoms with Crippen LogP contribution in [0.2, 0.25) is 0 Å². The van der Waals surface area contributed by atoms with E-state index in [0.717, 1.165) is 11.4 Å². The lowest BCUT2D eigenvalue weighted by Crippen LogP contribution is -2.14. The first-order valence-corrected chi connectivity index (χ1v) is 5.39. The summed E-state index contributed by atoms with van der Waals surface area (Å²) in [5, 5.41) is 18.6. The lowest BCUT2D eigenvalue weighted by molar-refractivity contribution is 0.182. The molecule has 0 saturated heterocycles. The first kappa shape index (κ1) is 12.2. The number of methoxy groups -OCH3 is 1. The third-order valence-corrected chi connectivity index (χ3v) is 2.42. The molecule has 2 rings (SSSR count). The standard InChI is InChI=1S/C11H14N4O3/c1-18-8-4-2-7(3-5-8)12-6-9(16)10-13-11(17)15-14-10/h2-5,9,12,16H,6H2,1H3,(H2,13,14,15,17). The molecule has 2 aromatic rings. The van der Waals surface area contributed by atoms with Crippen LogP contribution in [0.25, 0.3) is 0 Å². The number of anilines is 1. The first-order valence-electron chi connectivity index (χ1n) is 5.39. The summed E-state index contributed by atoms with van der Waals surface area (Å²) in [4.78, 5) is 13.2. The van der Waals surface area contributed by atoms with Crippen molar-refractivity contribution in [2.45, 2.75) is 6.10 Å². The van der Waals surface area contributed by atoms with Gasteiger partial charge >= 0.3 is 5.69 Å². The Kier molecular flexibility index (Phi) is 3.63. The number of nitrogens with zero attached hydrogens (tertiary/aromatic N) is 1. The van der Waals surface area contributed by atoms with E-state index in [1.807, 2.05) is 24.3 Å². The molecule has 0 spiro atoms. The molecule has 1 heterocycles. The lowest BCUT2D eigenvalue weighted by Gasteiger charge is -2.10. The molecular formula is C11H14N4O3. The van der Waals surface area contributed by atoms with E-state index >= 15 is 0 Å². The highest BCUT2D eigenvalue weighted by Crippen LogP contribution is 2.15. The van der Waals surface area contributed by atoms with Crippen LogP contribution in [-0.2, 0) is 0 Å². The Balaban J connectivity index is 1.92. The third kappa shape index (κ3) is 2.89. The van der Waals surface area contributed by atoms with Crippen LogP contribution in [0.3, 0.4) is 0 Å². The van der Waals surface area contributed by atoms with E-state index in [2.05, 4.69) is 20.5 Å². The number of nitrogens with one attached hydrogen (secondary N) is 3. The molecule has 1 atom stereocenters. The molecule has 1 aromatic heterocycles. The van der Waals surface area contributed by atoms with Crippen LogP contribution in [0, 0.1) is 0 Å². The molecule has 0 bridgehead atoms. The smallest absolute Gasteiger partial charge is 0.340 e. The molecule has 18 heavy (non-hydrogen) atoms. The van der Waals surface area contributed by atoms with Gasteiger partial charge in [-0.2, -0.15) is 5.10 Å². The van der Waals surface area contributed by atoms with Gasteiger partial charge in [-0.15, -0.1) is 0 Å². The minimum Gasteiger partial charge on any atom is -0.497 e. The highest BCUT2D eigenvalue weighted by Gasteiger charge is 2.10. The minimum atomic E-state index is -0.883. The maximum atomic E-state index is 10.8. The molecular weight excluding hydrogens is 236 g/mol. The fourth-order valence-corrected chi connectivity index (χ4v) is 1.46. The quantitative estimate of drug-likeness (QED) is 0.609. The molecule has 0 radical (unpaired) electrons. The third-order valence-electron chi connectivity index (χ3n) is 2.42. The molecule has 0 aliphatic rings. The largest absolute Gasteiger partial charge is 0.497 e. The number of aromatic nitrogens is 3. The summed E-state index contributed by atoms with van der Waals surface area (Å²) >= 11 is 0. The summed E-state index contributed by atoms with van der Waals surface area (Å²) in [6, 6.07) is 7.29. The number of aliphatic hydroxyl groups excluding tert-OH is 1. The zero-order valence-electron chi connectivity index (χ0n) is 9.80. The molecule has 96 valence electrons. The highest BCUT2D eigenvalue weighted by molar-refractivity contribution is 5.46. The van der Waals surface area contributed by atoms with Gasteiger partial charge in [-0.1, -0.05) is 0 Å². The number of rotatable bonds is 5. The van der Waals surface area contributed by atoms with Gasteiger partial charge in [0, 0.05) is 12.2 Å². The van der Waals surface area contributed by atoms with Crippen LogP contribution in [0.5, 0.6) is 5.75 Å². The number of hydrogen-bond acceptors (Lipinski definition) is 5. The molecule has 7 nitrogen and oxygen atoms in total. The van der Waals surface area contributed by atoms with E-state index in [9.17, 15) is 9.90 Å². The Hall–Kier alpha value is -2.28. The van der Waals surface area contributed by atoms with E-state index in [1.54, 1.807) is 7.11 Å². The van der Waals surface area contributed by atoms with Crippen LogP contribution >= 0.6 is 0 Å². The van der Waals surface area contributed by atoms with Gasteiger partial charge in [0.05, 0.1) is 7.11 Å². The second kappa shape index (κ2) is 5.37. The van der Waals surface area contributed by atoms with Crippen molar-refractivity contribution in [3.8, 4) is 5.75 Å². The number of ether oxygens (including phenoxy) is 1. The van der Waals surface area contributed by atoms with Gasteiger partial charge < -0.3 is 15.2 Å². The molecule has 7 heteroatoms. The number of aromatic amines is 2. The van der Waals surface area contributed by atoms with Gasteiger partial charge in [-0.3, -0.25) is 4.98 Å². The van der Waals surface area contributed by atoms with Gasteiger partial charge in [-0.25, -0.2) is 9.89 Å². The molecule has 4 N–H and O–H groups in total. The van der Waals surface area contributed by atoms with E-state index < -0.39 is 11.8 Å². The fraction of sp³-hybridized carbons (Fsp3) is 0.273. The molecule has 1 unspecified atom stereocenters. The molecule has 0 fully saturated rings. The van der Waals surface area contributed by atoms with Gasteiger partial charge in [0.2, 0.25) is 0 Å². The van der Waals surface area contributed by atoms with Crippen LogP contribution < -0.4 is 15.7 Å². The zero-order valence-corrected chi connectivity index (χ0v) is 9.80. The molecule has 0 amide bonds. The molecule has 0 aliphatic heterocycles. The van der Waals surface area contributed by atoms with Gasteiger partial charge in [0.15, 0.2) is 5.82 Å². The normalized spacial score (nSPS) is 12.1. The fourth-order valence-electron chi connectivity index (χ4n) is 1.46. The van der Waals surface area contributed by atoms with E-state index in [-0.39, 0.29) is 12.4 Å². The number of aliphatic hydroxyl groups is 1. The Morgan fingerprint density at radius 2 is 2.17 bits per heavy atom. The Morgan fingerprint density at radius 3 is 2.72 bits per heavy atom. The Labute approximate surface area is 103 Å². The molecule has 1 aromatic carbocycles. The van der Waals surface area contributed by atoms with Crippen molar-refractivity contribution < 1.29 is 9.84 Å². The maximum Gasteiger partial charge on any atom is 0.340 e. The van der Waals surface area contributed by atoms with Crippen LogP contribution in [0.1, 0.15) is 11.9 Å². The summed E-state index contributed by atoms with van der Waals surface area (Å²) < 4.78 is 5.04. The van der Waals surface area contributed by atoms with Crippen molar-refractivity contribution >= 4 is 5.69 Å². The minimum absolute atomic E-state index is 0.209. The highest BCUT2D eigenvalue weighted by atomic mass is 16.5. The van der Waals surface area contributed by atoms with Gasteiger partial charge in [-0.05, 0) is 24.3 Å². The Morgan fingerprint density at radius 1 is 1.44 bits per heavy atom. The van der Waals surface area contributed by atoms with E-state index in [4.69, 9.17) is 4.74 Å². The second-order valence-corrected chi connectivity index (χ2v) is 3.69. The summed E-state index contributed by atoms with van der Waals surface area (Å²) in [6.07, 6.45) is -0.883. The van der Waals surface area contributed by atoms with Crippen molar-refractivity contribution in [2.24, 2.45) is 0 Å². The Bertz CT molecular complexity index is 546. The van der Waals surface area contributed by atoms with Crippen molar-refractivity contribution in [1.29, 1.82) is 0 Å². The summed E-state index contributed by atoms with van der Waals surface area (Å²) in [5.74, 6) is 0.971. The number of hydrogen-bond donors (Lipinski definition) is 4. The van der Waals surface area contributed by atoms with Crippen molar-refractivity contribution in [2.75, 3.05) is 19.0 Å². The van der Waals surface area contributed by atoms with E-state index in [1.165, 1.54) is 0 Å². The first-order chi connectivity index (χ1) is 8.69.